The number of aryl methyl sites for hydroxylation is 1. The minimum absolute atomic E-state index is 0.0383. The maximum absolute atomic E-state index is 12.7. The molecule has 3 aromatic rings. The van der Waals surface area contributed by atoms with E-state index in [1.807, 2.05) is 67.3 Å². The zero-order valence-corrected chi connectivity index (χ0v) is 19.3. The van der Waals surface area contributed by atoms with Crippen LogP contribution in [0.2, 0.25) is 0 Å². The number of carbonyl (C=O) groups is 1. The molecular weight excluding hydrogens is 410 g/mol. The lowest BCUT2D eigenvalue weighted by Gasteiger charge is -2.19. The second-order valence-electron chi connectivity index (χ2n) is 6.99. The smallest absolute Gasteiger partial charge is 0.286 e. The predicted octanol–water partition coefficient (Wildman–Crippen LogP) is 7.10. The SMILES string of the molecule is CCCc1ccc(C(=S)Oc2cccc3cccc(SC(=O)N(CC)CC)c23)cc1. The molecule has 0 fully saturated rings. The number of carbonyl (C=O) groups excluding carboxylic acids is 1. The van der Waals surface area contributed by atoms with E-state index in [2.05, 4.69) is 19.1 Å². The van der Waals surface area contributed by atoms with Crippen molar-refractivity contribution in [3.8, 4) is 5.75 Å². The predicted molar refractivity (Wildman–Crippen MR) is 131 cm³/mol. The molecule has 5 heteroatoms. The number of nitrogens with zero attached hydrogens (tertiary/aromatic N) is 1. The quantitative estimate of drug-likeness (QED) is 0.291. The Morgan fingerprint density at radius 3 is 2.27 bits per heavy atom. The molecule has 30 heavy (non-hydrogen) atoms. The van der Waals surface area contributed by atoms with Gasteiger partial charge in [-0.1, -0.05) is 61.9 Å². The topological polar surface area (TPSA) is 29.5 Å². The van der Waals surface area contributed by atoms with Crippen LogP contribution in [0.3, 0.4) is 0 Å². The second kappa shape index (κ2) is 10.6. The van der Waals surface area contributed by atoms with Gasteiger partial charge in [0, 0.05) is 28.9 Å². The van der Waals surface area contributed by atoms with Crippen molar-refractivity contribution in [3.05, 3.63) is 71.8 Å². The fourth-order valence-electron chi connectivity index (χ4n) is 3.34. The molecule has 0 saturated heterocycles. The van der Waals surface area contributed by atoms with Gasteiger partial charge in [0.25, 0.3) is 5.24 Å². The first-order valence-electron chi connectivity index (χ1n) is 10.4. The van der Waals surface area contributed by atoms with Crippen LogP contribution >= 0.6 is 24.0 Å². The Morgan fingerprint density at radius 2 is 1.63 bits per heavy atom. The molecule has 0 aliphatic carbocycles. The molecule has 3 aromatic carbocycles. The van der Waals surface area contributed by atoms with Crippen LogP contribution in [0.1, 0.15) is 38.3 Å². The van der Waals surface area contributed by atoms with Gasteiger partial charge in [0.1, 0.15) is 5.75 Å². The van der Waals surface area contributed by atoms with Gasteiger partial charge in [-0.25, -0.2) is 0 Å². The minimum atomic E-state index is 0.0383. The van der Waals surface area contributed by atoms with Gasteiger partial charge >= 0.3 is 0 Å². The van der Waals surface area contributed by atoms with E-state index in [9.17, 15) is 4.79 Å². The fraction of sp³-hybridized carbons (Fsp3) is 0.280. The summed E-state index contributed by atoms with van der Waals surface area (Å²) in [4.78, 5) is 15.4. The van der Waals surface area contributed by atoms with Crippen LogP contribution in [0.15, 0.2) is 65.6 Å². The van der Waals surface area contributed by atoms with E-state index in [0.717, 1.165) is 34.1 Å². The van der Waals surface area contributed by atoms with Gasteiger partial charge in [0.05, 0.1) is 0 Å². The monoisotopic (exact) mass is 437 g/mol. The van der Waals surface area contributed by atoms with Crippen molar-refractivity contribution in [3.63, 3.8) is 0 Å². The average Bonchev–Trinajstić information content (AvgIpc) is 2.75. The van der Waals surface area contributed by atoms with Crippen LogP contribution in [0.5, 0.6) is 5.75 Å². The van der Waals surface area contributed by atoms with Gasteiger partial charge < -0.3 is 9.64 Å². The summed E-state index contributed by atoms with van der Waals surface area (Å²) in [5, 5.41) is 2.40. The van der Waals surface area contributed by atoms with Gasteiger partial charge in [-0.15, -0.1) is 0 Å². The third-order valence-corrected chi connectivity index (χ3v) is 6.29. The lowest BCUT2D eigenvalue weighted by molar-refractivity contribution is 0.228. The molecule has 0 radical (unpaired) electrons. The number of hydrogen-bond donors (Lipinski definition) is 0. The highest BCUT2D eigenvalue weighted by molar-refractivity contribution is 8.13. The first kappa shape index (κ1) is 22.3. The van der Waals surface area contributed by atoms with Crippen molar-refractivity contribution in [1.82, 2.24) is 4.90 Å². The van der Waals surface area contributed by atoms with Crippen molar-refractivity contribution in [2.24, 2.45) is 0 Å². The minimum Gasteiger partial charge on any atom is -0.445 e. The first-order valence-corrected chi connectivity index (χ1v) is 11.6. The lowest BCUT2D eigenvalue weighted by Crippen LogP contribution is -2.26. The summed E-state index contributed by atoms with van der Waals surface area (Å²) in [7, 11) is 0. The molecule has 3 rings (SSSR count). The third-order valence-electron chi connectivity index (χ3n) is 4.98. The zero-order valence-electron chi connectivity index (χ0n) is 17.7. The van der Waals surface area contributed by atoms with Crippen LogP contribution < -0.4 is 4.74 Å². The summed E-state index contributed by atoms with van der Waals surface area (Å²) >= 11 is 6.82. The normalized spacial score (nSPS) is 10.8. The lowest BCUT2D eigenvalue weighted by atomic mass is 10.1. The van der Waals surface area contributed by atoms with Gasteiger partial charge in [0.2, 0.25) is 0 Å². The number of hydrogen-bond acceptors (Lipinski definition) is 4. The number of thioether (sulfide) groups is 1. The molecule has 3 nitrogen and oxygen atoms in total. The standard InChI is InChI=1S/C25H27NO2S2/c1-4-9-18-14-16-20(17-15-18)24(29)28-21-12-7-10-19-11-8-13-22(23(19)21)30-25(27)26(5-2)6-3/h7-8,10-17H,4-6,9H2,1-3H3. The van der Waals surface area contributed by atoms with E-state index in [1.54, 1.807) is 0 Å². The number of benzene rings is 3. The summed E-state index contributed by atoms with van der Waals surface area (Å²) in [6.07, 6.45) is 2.17. The van der Waals surface area contributed by atoms with Crippen LogP contribution in [0, 0.1) is 0 Å². The number of amides is 1. The second-order valence-corrected chi connectivity index (χ2v) is 8.35. The first-order chi connectivity index (χ1) is 14.6. The number of ether oxygens (including phenoxy) is 1. The molecular formula is C25H27NO2S2. The summed E-state index contributed by atoms with van der Waals surface area (Å²) in [6, 6.07) is 20.1. The number of fused-ring (bicyclic) bond motifs is 1. The Bertz CT molecular complexity index is 1020. The van der Waals surface area contributed by atoms with Gasteiger partial charge in [-0.05, 0) is 67.3 Å². The Kier molecular flexibility index (Phi) is 7.88. The summed E-state index contributed by atoms with van der Waals surface area (Å²) < 4.78 is 6.14. The highest BCUT2D eigenvalue weighted by Gasteiger charge is 2.16. The van der Waals surface area contributed by atoms with E-state index in [-0.39, 0.29) is 5.24 Å². The molecule has 0 spiro atoms. The van der Waals surface area contributed by atoms with Gasteiger partial charge in [-0.3, -0.25) is 4.79 Å². The molecule has 0 saturated carbocycles. The molecule has 0 N–H and O–H groups in total. The Hall–Kier alpha value is -2.37. The summed E-state index contributed by atoms with van der Waals surface area (Å²) in [5.41, 5.74) is 2.18. The molecule has 0 atom stereocenters. The van der Waals surface area contributed by atoms with Crippen LogP contribution in [0.4, 0.5) is 4.79 Å². The number of thiocarbonyl (C=S) groups is 1. The van der Waals surface area contributed by atoms with Crippen molar-refractivity contribution in [2.75, 3.05) is 13.1 Å². The van der Waals surface area contributed by atoms with Crippen molar-refractivity contribution in [1.29, 1.82) is 0 Å². The van der Waals surface area contributed by atoms with Crippen molar-refractivity contribution in [2.45, 2.75) is 38.5 Å². The molecule has 0 aliphatic rings. The Morgan fingerprint density at radius 1 is 0.967 bits per heavy atom. The molecule has 0 unspecified atom stereocenters. The van der Waals surface area contributed by atoms with Crippen molar-refractivity contribution < 1.29 is 9.53 Å². The molecule has 156 valence electrons. The van der Waals surface area contributed by atoms with E-state index in [1.165, 1.54) is 17.3 Å². The van der Waals surface area contributed by atoms with Crippen molar-refractivity contribution >= 4 is 45.0 Å². The van der Waals surface area contributed by atoms with E-state index in [0.29, 0.717) is 23.9 Å². The molecule has 0 aliphatic heterocycles. The van der Waals surface area contributed by atoms with Crippen LogP contribution in [-0.2, 0) is 6.42 Å². The molecule has 1 amide bonds. The fourth-order valence-corrected chi connectivity index (χ4v) is 4.61. The highest BCUT2D eigenvalue weighted by atomic mass is 32.2. The third kappa shape index (κ3) is 5.21. The van der Waals surface area contributed by atoms with E-state index in [4.69, 9.17) is 17.0 Å². The zero-order chi connectivity index (χ0) is 21.5. The van der Waals surface area contributed by atoms with E-state index < -0.39 is 0 Å². The summed E-state index contributed by atoms with van der Waals surface area (Å²) in [6.45, 7) is 7.53. The number of rotatable bonds is 7. The van der Waals surface area contributed by atoms with Crippen LogP contribution in [-0.4, -0.2) is 28.3 Å². The van der Waals surface area contributed by atoms with E-state index >= 15 is 0 Å². The summed E-state index contributed by atoms with van der Waals surface area (Å²) in [5.74, 6) is 0.672. The van der Waals surface area contributed by atoms with Crippen LogP contribution in [0.25, 0.3) is 10.8 Å². The molecule has 0 bridgehead atoms. The van der Waals surface area contributed by atoms with Gasteiger partial charge in [0.15, 0.2) is 5.05 Å². The molecule has 0 aromatic heterocycles. The average molecular weight is 438 g/mol. The maximum Gasteiger partial charge on any atom is 0.286 e. The Balaban J connectivity index is 1.90. The van der Waals surface area contributed by atoms with Gasteiger partial charge in [-0.2, -0.15) is 0 Å². The Labute approximate surface area is 188 Å². The maximum atomic E-state index is 12.7. The highest BCUT2D eigenvalue weighted by Crippen LogP contribution is 2.36. The largest absolute Gasteiger partial charge is 0.445 e. The molecule has 0 heterocycles.